The average Bonchev–Trinajstić information content (AvgIpc) is 2.65. The Kier molecular flexibility index (Phi) is 2.84. The fourth-order valence-electron chi connectivity index (χ4n) is 1.51. The summed E-state index contributed by atoms with van der Waals surface area (Å²) in [6.45, 7) is 0. The summed E-state index contributed by atoms with van der Waals surface area (Å²) < 4.78 is 4.41. The highest BCUT2D eigenvalue weighted by molar-refractivity contribution is 5.70. The Bertz CT molecular complexity index is 578. The molecule has 8 nitrogen and oxygen atoms in total. The standard InChI is InChI=1S/C10H10N4O4/c1-18-9(17)14-10(13-8(15)16)11-6-4-2-3-5-7(6)12-10/h2-5,13H,1H3,(H,14,17)(H,15,16). The quantitative estimate of drug-likeness (QED) is 0.595. The second-order valence-electron chi connectivity index (χ2n) is 3.43. The zero-order valence-corrected chi connectivity index (χ0v) is 9.38. The molecule has 1 aromatic carbocycles. The van der Waals surface area contributed by atoms with Crippen molar-refractivity contribution in [3.05, 3.63) is 35.0 Å². The molecule has 1 aromatic rings. The Labute approximate surface area is 101 Å². The lowest BCUT2D eigenvalue weighted by atomic mass is 10.3. The summed E-state index contributed by atoms with van der Waals surface area (Å²) in [5.41, 5.74) is 0. The van der Waals surface area contributed by atoms with E-state index >= 15 is 0 Å². The molecule has 18 heavy (non-hydrogen) atoms. The van der Waals surface area contributed by atoms with Crippen LogP contribution < -0.4 is 21.3 Å². The van der Waals surface area contributed by atoms with Gasteiger partial charge in [-0.3, -0.25) is 10.6 Å². The number of alkyl carbamates (subject to hydrolysis) is 1. The summed E-state index contributed by atoms with van der Waals surface area (Å²) in [6.07, 6.45) is -2.21. The summed E-state index contributed by atoms with van der Waals surface area (Å²) in [5.74, 6) is -1.78. The first-order valence-corrected chi connectivity index (χ1v) is 4.97. The normalized spacial score (nSPS) is 14.7. The maximum Gasteiger partial charge on any atom is 0.411 e. The van der Waals surface area contributed by atoms with Crippen molar-refractivity contribution in [2.75, 3.05) is 7.11 Å². The first-order valence-electron chi connectivity index (χ1n) is 4.97. The molecule has 0 saturated carbocycles. The third kappa shape index (κ3) is 2.21. The summed E-state index contributed by atoms with van der Waals surface area (Å²) in [7, 11) is 1.16. The molecule has 1 heterocycles. The SMILES string of the molecule is COC(=O)NC1(NC(=O)O)N=c2ccccc2=N1. The lowest BCUT2D eigenvalue weighted by molar-refractivity contribution is 0.142. The molecule has 0 bridgehead atoms. The van der Waals surface area contributed by atoms with E-state index in [0.717, 1.165) is 7.11 Å². The Morgan fingerprint density at radius 2 is 1.78 bits per heavy atom. The molecule has 0 aliphatic carbocycles. The highest BCUT2D eigenvalue weighted by atomic mass is 16.5. The monoisotopic (exact) mass is 250 g/mol. The number of amides is 2. The van der Waals surface area contributed by atoms with Gasteiger partial charge in [-0.15, -0.1) is 0 Å². The number of carboxylic acid groups (broad SMARTS) is 1. The number of carbonyl (C=O) groups excluding carboxylic acids is 1. The molecule has 8 heteroatoms. The number of nitrogens with one attached hydrogen (secondary N) is 2. The number of methoxy groups -OCH3 is 1. The Morgan fingerprint density at radius 3 is 2.22 bits per heavy atom. The lowest BCUT2D eigenvalue weighted by Crippen LogP contribution is -2.57. The minimum atomic E-state index is -1.78. The van der Waals surface area contributed by atoms with E-state index in [0.29, 0.717) is 10.7 Å². The van der Waals surface area contributed by atoms with Gasteiger partial charge < -0.3 is 9.84 Å². The third-order valence-corrected chi connectivity index (χ3v) is 2.19. The molecule has 0 radical (unpaired) electrons. The largest absolute Gasteiger partial charge is 0.465 e. The topological polar surface area (TPSA) is 112 Å². The minimum absolute atomic E-state index is 0.475. The predicted molar refractivity (Wildman–Crippen MR) is 58.2 cm³/mol. The second-order valence-corrected chi connectivity index (χ2v) is 3.43. The Hall–Kier alpha value is -2.64. The zero-order chi connectivity index (χ0) is 13.2. The van der Waals surface area contributed by atoms with Crippen LogP contribution in [-0.2, 0) is 4.74 Å². The molecule has 1 aliphatic heterocycles. The van der Waals surface area contributed by atoms with E-state index < -0.39 is 18.1 Å². The molecule has 0 fully saturated rings. The van der Waals surface area contributed by atoms with Crippen LogP contribution in [0.3, 0.4) is 0 Å². The van der Waals surface area contributed by atoms with Gasteiger partial charge in [0, 0.05) is 0 Å². The van der Waals surface area contributed by atoms with Crippen LogP contribution >= 0.6 is 0 Å². The maximum absolute atomic E-state index is 11.2. The Balaban J connectivity index is 2.43. The Morgan fingerprint density at radius 1 is 1.22 bits per heavy atom. The van der Waals surface area contributed by atoms with Crippen molar-refractivity contribution in [1.82, 2.24) is 10.6 Å². The smallest absolute Gasteiger partial charge is 0.411 e. The van der Waals surface area contributed by atoms with Crippen LogP contribution in [0.5, 0.6) is 0 Å². The molecule has 2 rings (SSSR count). The van der Waals surface area contributed by atoms with Crippen molar-refractivity contribution < 1.29 is 19.4 Å². The molecule has 0 atom stereocenters. The van der Waals surface area contributed by atoms with Crippen molar-refractivity contribution in [3.63, 3.8) is 0 Å². The van der Waals surface area contributed by atoms with Crippen LogP contribution in [0.15, 0.2) is 34.3 Å². The van der Waals surface area contributed by atoms with Crippen LogP contribution in [0.2, 0.25) is 0 Å². The maximum atomic E-state index is 11.2. The fourth-order valence-corrected chi connectivity index (χ4v) is 1.51. The highest BCUT2D eigenvalue weighted by Crippen LogP contribution is 2.06. The van der Waals surface area contributed by atoms with E-state index in [4.69, 9.17) is 5.11 Å². The third-order valence-electron chi connectivity index (χ3n) is 2.19. The van der Waals surface area contributed by atoms with E-state index in [1.165, 1.54) is 0 Å². The predicted octanol–water partition coefficient (Wildman–Crippen LogP) is -0.826. The summed E-state index contributed by atoms with van der Waals surface area (Å²) in [5, 5.41) is 14.0. The van der Waals surface area contributed by atoms with E-state index in [-0.39, 0.29) is 0 Å². The zero-order valence-electron chi connectivity index (χ0n) is 9.38. The van der Waals surface area contributed by atoms with Gasteiger partial charge in [0.2, 0.25) is 0 Å². The lowest BCUT2D eigenvalue weighted by Gasteiger charge is -2.22. The molecular weight excluding hydrogens is 240 g/mol. The number of para-hydroxylation sites is 2. The van der Waals surface area contributed by atoms with Crippen LogP contribution in [-0.4, -0.2) is 30.3 Å². The molecule has 94 valence electrons. The van der Waals surface area contributed by atoms with Gasteiger partial charge in [0.1, 0.15) is 0 Å². The number of benzene rings is 1. The number of hydrogen-bond donors (Lipinski definition) is 3. The van der Waals surface area contributed by atoms with Gasteiger partial charge in [0.25, 0.3) is 0 Å². The first kappa shape index (κ1) is 11.8. The average molecular weight is 250 g/mol. The summed E-state index contributed by atoms with van der Waals surface area (Å²) in [4.78, 5) is 30.1. The van der Waals surface area contributed by atoms with Crippen molar-refractivity contribution in [1.29, 1.82) is 0 Å². The van der Waals surface area contributed by atoms with Crippen LogP contribution in [0, 0.1) is 0 Å². The highest BCUT2D eigenvalue weighted by Gasteiger charge is 2.35. The molecule has 0 unspecified atom stereocenters. The van der Waals surface area contributed by atoms with E-state index in [2.05, 4.69) is 20.0 Å². The number of nitrogens with zero attached hydrogens (tertiary/aromatic N) is 2. The summed E-state index contributed by atoms with van der Waals surface area (Å²) in [6, 6.07) is 6.77. The van der Waals surface area contributed by atoms with Crippen molar-refractivity contribution in [2.45, 2.75) is 5.91 Å². The van der Waals surface area contributed by atoms with Crippen LogP contribution in [0.4, 0.5) is 9.59 Å². The van der Waals surface area contributed by atoms with Gasteiger partial charge in [0.05, 0.1) is 17.8 Å². The number of carbonyl (C=O) groups is 2. The van der Waals surface area contributed by atoms with E-state index in [9.17, 15) is 9.59 Å². The van der Waals surface area contributed by atoms with Gasteiger partial charge in [0.15, 0.2) is 0 Å². The molecule has 3 N–H and O–H groups in total. The van der Waals surface area contributed by atoms with Gasteiger partial charge in [-0.1, -0.05) is 12.1 Å². The van der Waals surface area contributed by atoms with Gasteiger partial charge >= 0.3 is 18.1 Å². The second kappa shape index (κ2) is 4.32. The van der Waals surface area contributed by atoms with Crippen molar-refractivity contribution in [3.8, 4) is 0 Å². The summed E-state index contributed by atoms with van der Waals surface area (Å²) >= 11 is 0. The van der Waals surface area contributed by atoms with Gasteiger partial charge in [-0.2, -0.15) is 0 Å². The molecule has 0 saturated heterocycles. The number of hydrogen-bond acceptors (Lipinski definition) is 5. The molecule has 0 spiro atoms. The number of rotatable bonds is 2. The van der Waals surface area contributed by atoms with Crippen molar-refractivity contribution in [2.24, 2.45) is 9.98 Å². The molecule has 2 amide bonds. The fraction of sp³-hybridized carbons (Fsp3) is 0.200. The van der Waals surface area contributed by atoms with E-state index in [1.54, 1.807) is 24.3 Å². The van der Waals surface area contributed by atoms with Gasteiger partial charge in [-0.25, -0.2) is 19.6 Å². The first-order chi connectivity index (χ1) is 8.54. The molecule has 1 aliphatic rings. The van der Waals surface area contributed by atoms with Crippen LogP contribution in [0.1, 0.15) is 0 Å². The molecule has 0 aromatic heterocycles. The molecular formula is C10H10N4O4. The number of ether oxygens (including phenoxy) is 1. The van der Waals surface area contributed by atoms with Crippen molar-refractivity contribution >= 4 is 12.2 Å². The van der Waals surface area contributed by atoms with Gasteiger partial charge in [-0.05, 0) is 12.1 Å². The van der Waals surface area contributed by atoms with Crippen LogP contribution in [0.25, 0.3) is 0 Å². The number of fused-ring (bicyclic) bond motifs is 1. The minimum Gasteiger partial charge on any atom is -0.465 e. The van der Waals surface area contributed by atoms with E-state index in [1.807, 2.05) is 5.32 Å².